The highest BCUT2D eigenvalue weighted by Crippen LogP contribution is 2.27. The number of nitrogens with zero attached hydrogens (tertiary/aromatic N) is 1. The van der Waals surface area contributed by atoms with Gasteiger partial charge < -0.3 is 15.5 Å². The van der Waals surface area contributed by atoms with Crippen LogP contribution in [-0.2, 0) is 23.2 Å². The number of pyridine rings is 1. The van der Waals surface area contributed by atoms with Gasteiger partial charge in [-0.1, -0.05) is 30.3 Å². The van der Waals surface area contributed by atoms with E-state index in [-0.39, 0.29) is 29.7 Å². The molecule has 1 amide bonds. The number of nitrogens with one attached hydrogen (secondary N) is 1. The second kappa shape index (κ2) is 8.62. The van der Waals surface area contributed by atoms with Gasteiger partial charge in [0.2, 0.25) is 10.0 Å². The summed E-state index contributed by atoms with van der Waals surface area (Å²) in [5.41, 5.74) is 2.63. The van der Waals surface area contributed by atoms with Crippen LogP contribution in [0.5, 0.6) is 5.75 Å². The molecule has 0 saturated carbocycles. The van der Waals surface area contributed by atoms with Gasteiger partial charge in [0.05, 0.1) is 17.2 Å². The minimum absolute atomic E-state index is 0.00501. The summed E-state index contributed by atoms with van der Waals surface area (Å²) in [7, 11) is -3.89. The van der Waals surface area contributed by atoms with E-state index in [9.17, 15) is 23.4 Å². The maximum atomic E-state index is 12.5. The SMILES string of the molecule is Cc1ncc(CNC(=O)c2ccc(-c3ccccc3S(N)(=O)=O)cc2)c(CO)c1O. The van der Waals surface area contributed by atoms with E-state index in [4.69, 9.17) is 5.14 Å². The standard InChI is InChI=1S/C21H21N3O5S/c1-13-20(26)18(12-25)16(10-23-13)11-24-21(27)15-8-6-14(7-9-15)17-4-2-3-5-19(17)30(22,28)29/h2-10,25-26H,11-12H2,1H3,(H,24,27)(H2,22,28,29). The maximum absolute atomic E-state index is 12.5. The van der Waals surface area contributed by atoms with Gasteiger partial charge in [-0.25, -0.2) is 13.6 Å². The second-order valence-electron chi connectivity index (χ2n) is 6.66. The summed E-state index contributed by atoms with van der Waals surface area (Å²) in [6.07, 6.45) is 1.49. The maximum Gasteiger partial charge on any atom is 0.251 e. The molecule has 0 aliphatic heterocycles. The summed E-state index contributed by atoms with van der Waals surface area (Å²) in [5.74, 6) is -0.465. The fraction of sp³-hybridized carbons (Fsp3) is 0.143. The Labute approximate surface area is 174 Å². The van der Waals surface area contributed by atoms with Gasteiger partial charge in [0.1, 0.15) is 5.75 Å². The third-order valence-electron chi connectivity index (χ3n) is 4.68. The number of carbonyl (C=O) groups excluding carboxylic acids is 1. The van der Waals surface area contributed by atoms with E-state index in [1.165, 1.54) is 12.3 Å². The predicted octanol–water partition coefficient (Wildman–Crippen LogP) is 1.83. The number of amides is 1. The van der Waals surface area contributed by atoms with Crippen molar-refractivity contribution < 1.29 is 23.4 Å². The van der Waals surface area contributed by atoms with Gasteiger partial charge in [0.25, 0.3) is 5.91 Å². The second-order valence-corrected chi connectivity index (χ2v) is 8.19. The number of aliphatic hydroxyl groups excluding tert-OH is 1. The zero-order valence-electron chi connectivity index (χ0n) is 16.2. The Kier molecular flexibility index (Phi) is 6.16. The van der Waals surface area contributed by atoms with Crippen LogP contribution in [0.1, 0.15) is 27.2 Å². The molecule has 2 aromatic carbocycles. The van der Waals surface area contributed by atoms with Crippen LogP contribution in [-0.4, -0.2) is 29.5 Å². The molecule has 9 heteroatoms. The van der Waals surface area contributed by atoms with Crippen molar-refractivity contribution in [1.82, 2.24) is 10.3 Å². The first-order valence-electron chi connectivity index (χ1n) is 9.00. The summed E-state index contributed by atoms with van der Waals surface area (Å²) < 4.78 is 23.6. The molecule has 0 aliphatic rings. The van der Waals surface area contributed by atoms with E-state index in [0.29, 0.717) is 33.5 Å². The number of rotatable bonds is 6. The van der Waals surface area contributed by atoms with Gasteiger partial charge in [-0.15, -0.1) is 0 Å². The van der Waals surface area contributed by atoms with Crippen molar-refractivity contribution in [1.29, 1.82) is 0 Å². The zero-order chi connectivity index (χ0) is 21.9. The first kappa shape index (κ1) is 21.4. The number of hydrogen-bond donors (Lipinski definition) is 4. The van der Waals surface area contributed by atoms with Gasteiger partial charge in [0, 0.05) is 29.4 Å². The van der Waals surface area contributed by atoms with Crippen LogP contribution in [0.4, 0.5) is 0 Å². The first-order chi connectivity index (χ1) is 14.2. The molecule has 0 bridgehead atoms. The summed E-state index contributed by atoms with van der Waals surface area (Å²) >= 11 is 0. The van der Waals surface area contributed by atoms with Gasteiger partial charge >= 0.3 is 0 Å². The average Bonchev–Trinajstić information content (AvgIpc) is 2.74. The molecule has 0 unspecified atom stereocenters. The Morgan fingerprint density at radius 3 is 2.43 bits per heavy atom. The van der Waals surface area contributed by atoms with Crippen LogP contribution < -0.4 is 10.5 Å². The highest BCUT2D eigenvalue weighted by Gasteiger charge is 2.16. The van der Waals surface area contributed by atoms with Crippen LogP contribution in [0.25, 0.3) is 11.1 Å². The van der Waals surface area contributed by atoms with E-state index in [1.807, 2.05) is 0 Å². The van der Waals surface area contributed by atoms with Gasteiger partial charge in [0.15, 0.2) is 0 Å². The highest BCUT2D eigenvalue weighted by atomic mass is 32.2. The molecule has 0 spiro atoms. The minimum atomic E-state index is -3.89. The van der Waals surface area contributed by atoms with E-state index in [2.05, 4.69) is 10.3 Å². The van der Waals surface area contributed by atoms with Crippen molar-refractivity contribution in [3.63, 3.8) is 0 Å². The van der Waals surface area contributed by atoms with Crippen LogP contribution in [0.2, 0.25) is 0 Å². The van der Waals surface area contributed by atoms with Crippen molar-refractivity contribution in [2.45, 2.75) is 25.0 Å². The molecule has 0 aliphatic carbocycles. The third-order valence-corrected chi connectivity index (χ3v) is 5.65. The van der Waals surface area contributed by atoms with Crippen molar-refractivity contribution >= 4 is 15.9 Å². The lowest BCUT2D eigenvalue weighted by Crippen LogP contribution is -2.23. The number of hydrogen-bond acceptors (Lipinski definition) is 6. The largest absolute Gasteiger partial charge is 0.506 e. The van der Waals surface area contributed by atoms with E-state index in [1.54, 1.807) is 49.4 Å². The number of aromatic hydroxyl groups is 1. The smallest absolute Gasteiger partial charge is 0.251 e. The Bertz CT molecular complexity index is 1190. The molecule has 3 aromatic rings. The van der Waals surface area contributed by atoms with Crippen molar-refractivity contribution in [3.8, 4) is 16.9 Å². The lowest BCUT2D eigenvalue weighted by molar-refractivity contribution is 0.0950. The Hall–Kier alpha value is -3.27. The van der Waals surface area contributed by atoms with Crippen molar-refractivity contribution in [3.05, 3.63) is 77.1 Å². The lowest BCUT2D eigenvalue weighted by atomic mass is 10.0. The third kappa shape index (κ3) is 4.48. The molecule has 1 heterocycles. The minimum Gasteiger partial charge on any atom is -0.506 e. The normalized spacial score (nSPS) is 11.3. The number of nitrogens with two attached hydrogens (primary N) is 1. The van der Waals surface area contributed by atoms with E-state index < -0.39 is 10.0 Å². The monoisotopic (exact) mass is 427 g/mol. The predicted molar refractivity (Wildman–Crippen MR) is 111 cm³/mol. The number of sulfonamides is 1. The molecule has 0 radical (unpaired) electrons. The first-order valence-corrected chi connectivity index (χ1v) is 10.5. The molecule has 30 heavy (non-hydrogen) atoms. The number of aromatic nitrogens is 1. The Morgan fingerprint density at radius 1 is 1.13 bits per heavy atom. The van der Waals surface area contributed by atoms with Gasteiger partial charge in [-0.05, 0) is 36.2 Å². The number of aryl methyl sites for hydroxylation is 1. The van der Waals surface area contributed by atoms with Crippen LogP contribution in [0.15, 0.2) is 59.6 Å². The molecule has 156 valence electrons. The molecule has 8 nitrogen and oxygen atoms in total. The summed E-state index contributed by atoms with van der Waals surface area (Å²) in [4.78, 5) is 16.5. The molecular weight excluding hydrogens is 406 g/mol. The zero-order valence-corrected chi connectivity index (χ0v) is 17.0. The van der Waals surface area contributed by atoms with E-state index >= 15 is 0 Å². The quantitative estimate of drug-likeness (QED) is 0.473. The van der Waals surface area contributed by atoms with Crippen molar-refractivity contribution in [2.75, 3.05) is 0 Å². The molecular formula is C21H21N3O5S. The van der Waals surface area contributed by atoms with Crippen LogP contribution in [0.3, 0.4) is 0 Å². The number of benzene rings is 2. The molecule has 3 rings (SSSR count). The Morgan fingerprint density at radius 2 is 1.80 bits per heavy atom. The molecule has 5 N–H and O–H groups in total. The summed E-state index contributed by atoms with van der Waals surface area (Å²) in [5, 5.41) is 27.5. The number of aliphatic hydroxyl groups is 1. The average molecular weight is 427 g/mol. The summed E-state index contributed by atoms with van der Waals surface area (Å²) in [6.45, 7) is 1.32. The molecule has 0 saturated heterocycles. The fourth-order valence-corrected chi connectivity index (χ4v) is 3.81. The molecule has 0 fully saturated rings. The molecule has 0 atom stereocenters. The molecule has 1 aromatic heterocycles. The summed E-state index contributed by atoms with van der Waals surface area (Å²) in [6, 6.07) is 12.8. The highest BCUT2D eigenvalue weighted by molar-refractivity contribution is 7.89. The van der Waals surface area contributed by atoms with Gasteiger partial charge in [-0.2, -0.15) is 0 Å². The number of carbonyl (C=O) groups is 1. The van der Waals surface area contributed by atoms with Crippen molar-refractivity contribution in [2.24, 2.45) is 5.14 Å². The van der Waals surface area contributed by atoms with Crippen LogP contribution >= 0.6 is 0 Å². The topological polar surface area (TPSA) is 143 Å². The lowest BCUT2D eigenvalue weighted by Gasteiger charge is -2.12. The van der Waals surface area contributed by atoms with Crippen LogP contribution in [0, 0.1) is 6.92 Å². The number of primary sulfonamides is 1. The van der Waals surface area contributed by atoms with E-state index in [0.717, 1.165) is 0 Å². The Balaban J connectivity index is 1.78. The fourth-order valence-electron chi connectivity index (χ4n) is 3.04. The van der Waals surface area contributed by atoms with Gasteiger partial charge in [-0.3, -0.25) is 9.78 Å².